The van der Waals surface area contributed by atoms with Gasteiger partial charge in [-0.05, 0) is 24.1 Å². The second kappa shape index (κ2) is 11.6. The molecule has 1 aromatic carbocycles. The second-order valence-corrected chi connectivity index (χ2v) is 6.66. The van der Waals surface area contributed by atoms with Crippen LogP contribution in [0.4, 0.5) is 5.69 Å². The lowest BCUT2D eigenvalue weighted by molar-refractivity contribution is -0.117. The molecule has 1 unspecified atom stereocenters. The molecule has 1 aliphatic heterocycles. The first-order valence-electron chi connectivity index (χ1n) is 9.60. The Balaban J connectivity index is 0.00000300. The lowest BCUT2D eigenvalue weighted by Gasteiger charge is -2.19. The maximum absolute atomic E-state index is 12.3. The fourth-order valence-electron chi connectivity index (χ4n) is 3.04. The zero-order chi connectivity index (χ0) is 19.8. The van der Waals surface area contributed by atoms with Crippen molar-refractivity contribution >= 4 is 41.5 Å². The van der Waals surface area contributed by atoms with Crippen molar-refractivity contribution < 1.29 is 9.53 Å². The summed E-state index contributed by atoms with van der Waals surface area (Å²) in [6.07, 6.45) is 3.19. The van der Waals surface area contributed by atoms with E-state index in [1.54, 1.807) is 13.2 Å². The van der Waals surface area contributed by atoms with E-state index in [0.717, 1.165) is 17.7 Å². The molecule has 2 heterocycles. The predicted octanol–water partition coefficient (Wildman–Crippen LogP) is 2.96. The number of rotatable bonds is 7. The molecule has 7 nitrogen and oxygen atoms in total. The molecule has 1 aromatic heterocycles. The van der Waals surface area contributed by atoms with Gasteiger partial charge < -0.3 is 20.3 Å². The van der Waals surface area contributed by atoms with Crippen molar-refractivity contribution in [3.05, 3.63) is 54.2 Å². The minimum absolute atomic E-state index is 0. The van der Waals surface area contributed by atoms with Crippen LogP contribution in [-0.4, -0.2) is 43.1 Å². The summed E-state index contributed by atoms with van der Waals surface area (Å²) in [4.78, 5) is 22.7. The number of benzene rings is 1. The van der Waals surface area contributed by atoms with Gasteiger partial charge in [0.2, 0.25) is 11.8 Å². The van der Waals surface area contributed by atoms with Crippen LogP contribution in [0.1, 0.15) is 25.3 Å². The van der Waals surface area contributed by atoms with Gasteiger partial charge in [-0.25, -0.2) is 4.98 Å². The number of carbonyl (C=O) groups is 1. The predicted molar refractivity (Wildman–Crippen MR) is 126 cm³/mol. The lowest BCUT2D eigenvalue weighted by Crippen LogP contribution is -2.44. The van der Waals surface area contributed by atoms with Crippen LogP contribution in [0.25, 0.3) is 0 Å². The molecule has 29 heavy (non-hydrogen) atoms. The molecule has 1 fully saturated rings. The van der Waals surface area contributed by atoms with Crippen molar-refractivity contribution in [2.75, 3.05) is 25.1 Å². The molecule has 2 aromatic rings. The Morgan fingerprint density at radius 3 is 2.72 bits per heavy atom. The highest BCUT2D eigenvalue weighted by atomic mass is 127. The van der Waals surface area contributed by atoms with Crippen LogP contribution >= 0.6 is 24.0 Å². The summed E-state index contributed by atoms with van der Waals surface area (Å²) in [5.41, 5.74) is 1.96. The van der Waals surface area contributed by atoms with E-state index in [0.29, 0.717) is 38.0 Å². The van der Waals surface area contributed by atoms with E-state index in [1.807, 2.05) is 47.4 Å². The van der Waals surface area contributed by atoms with Crippen LogP contribution in [0.15, 0.2) is 53.7 Å². The molecule has 3 rings (SSSR count). The quantitative estimate of drug-likeness (QED) is 0.341. The van der Waals surface area contributed by atoms with Crippen LogP contribution in [0.5, 0.6) is 5.88 Å². The van der Waals surface area contributed by atoms with Crippen molar-refractivity contribution in [2.24, 2.45) is 4.99 Å². The molecular formula is C21H28IN5O2. The molecule has 0 bridgehead atoms. The number of hydrogen-bond donors (Lipinski definition) is 2. The average Bonchev–Trinajstić information content (AvgIpc) is 3.11. The first-order chi connectivity index (χ1) is 13.7. The van der Waals surface area contributed by atoms with Gasteiger partial charge in [-0.3, -0.25) is 9.79 Å². The van der Waals surface area contributed by atoms with Crippen molar-refractivity contribution in [3.63, 3.8) is 0 Å². The number of carbonyl (C=O) groups excluding carboxylic acids is 1. The molecule has 1 atom stereocenters. The fourth-order valence-corrected chi connectivity index (χ4v) is 3.04. The Morgan fingerprint density at radius 2 is 2.07 bits per heavy atom. The first-order valence-corrected chi connectivity index (χ1v) is 9.60. The van der Waals surface area contributed by atoms with Crippen molar-refractivity contribution in [1.29, 1.82) is 0 Å². The smallest absolute Gasteiger partial charge is 0.229 e. The van der Waals surface area contributed by atoms with Crippen molar-refractivity contribution in [3.8, 4) is 5.88 Å². The van der Waals surface area contributed by atoms with Crippen LogP contribution in [0.2, 0.25) is 0 Å². The minimum atomic E-state index is 0. The Morgan fingerprint density at radius 1 is 1.28 bits per heavy atom. The number of nitrogens with one attached hydrogen (secondary N) is 2. The molecule has 0 aliphatic carbocycles. The third kappa shape index (κ3) is 6.59. The Bertz CT molecular complexity index is 798. The highest BCUT2D eigenvalue weighted by molar-refractivity contribution is 14.0. The SMILES string of the molecule is CCCOc1ccc(CNC(=NC)NC2CC(=O)N(c3ccccc3)C2)cn1.I. The summed E-state index contributed by atoms with van der Waals surface area (Å²) < 4.78 is 5.50. The zero-order valence-electron chi connectivity index (χ0n) is 16.8. The number of nitrogens with zero attached hydrogens (tertiary/aromatic N) is 3. The molecule has 0 radical (unpaired) electrons. The largest absolute Gasteiger partial charge is 0.478 e. The number of pyridine rings is 1. The highest BCUT2D eigenvalue weighted by Crippen LogP contribution is 2.20. The van der Waals surface area contributed by atoms with Crippen LogP contribution < -0.4 is 20.3 Å². The second-order valence-electron chi connectivity index (χ2n) is 6.66. The fraction of sp³-hybridized carbons (Fsp3) is 0.381. The van der Waals surface area contributed by atoms with E-state index in [4.69, 9.17) is 4.74 Å². The van der Waals surface area contributed by atoms with Gasteiger partial charge in [0.1, 0.15) is 0 Å². The molecule has 156 valence electrons. The Kier molecular flexibility index (Phi) is 9.17. The topological polar surface area (TPSA) is 78.8 Å². The van der Waals surface area contributed by atoms with Crippen LogP contribution in [0.3, 0.4) is 0 Å². The van der Waals surface area contributed by atoms with Gasteiger partial charge in [0.15, 0.2) is 5.96 Å². The van der Waals surface area contributed by atoms with Crippen molar-refractivity contribution in [2.45, 2.75) is 32.4 Å². The van der Waals surface area contributed by atoms with E-state index in [-0.39, 0.29) is 35.9 Å². The third-order valence-electron chi connectivity index (χ3n) is 4.47. The maximum Gasteiger partial charge on any atom is 0.229 e. The van der Waals surface area contributed by atoms with Crippen LogP contribution in [0, 0.1) is 0 Å². The van der Waals surface area contributed by atoms with Gasteiger partial charge >= 0.3 is 0 Å². The van der Waals surface area contributed by atoms with Gasteiger partial charge in [-0.2, -0.15) is 0 Å². The summed E-state index contributed by atoms with van der Waals surface area (Å²) in [6, 6.07) is 13.6. The number of aromatic nitrogens is 1. The van der Waals surface area contributed by atoms with Gasteiger partial charge in [-0.1, -0.05) is 31.2 Å². The van der Waals surface area contributed by atoms with Gasteiger partial charge in [-0.15, -0.1) is 24.0 Å². The van der Waals surface area contributed by atoms with Gasteiger partial charge in [0, 0.05) is 44.5 Å². The van der Waals surface area contributed by atoms with E-state index >= 15 is 0 Å². The number of ether oxygens (including phenoxy) is 1. The standard InChI is InChI=1S/C21H27N5O2.HI/c1-3-11-28-19-10-9-16(13-23-19)14-24-21(22-2)25-17-12-20(27)26(15-17)18-7-5-4-6-8-18;/h4-10,13,17H,3,11-12,14-15H2,1-2H3,(H2,22,24,25);1H. The number of aliphatic imine (C=N–C) groups is 1. The Hall–Kier alpha value is -2.36. The minimum Gasteiger partial charge on any atom is -0.478 e. The van der Waals surface area contributed by atoms with E-state index in [1.165, 1.54) is 0 Å². The molecule has 0 saturated carbocycles. The van der Waals surface area contributed by atoms with Crippen LogP contribution in [-0.2, 0) is 11.3 Å². The molecule has 8 heteroatoms. The number of anilines is 1. The summed E-state index contributed by atoms with van der Waals surface area (Å²) >= 11 is 0. The number of halogens is 1. The molecule has 1 aliphatic rings. The maximum atomic E-state index is 12.3. The first kappa shape index (κ1) is 22.9. The number of hydrogen-bond acceptors (Lipinski definition) is 4. The number of para-hydroxylation sites is 1. The summed E-state index contributed by atoms with van der Waals surface area (Å²) in [5, 5.41) is 6.61. The van der Waals surface area contributed by atoms with Gasteiger partial charge in [0.05, 0.1) is 12.6 Å². The summed E-state index contributed by atoms with van der Waals surface area (Å²) in [5.74, 6) is 1.42. The highest BCUT2D eigenvalue weighted by Gasteiger charge is 2.30. The molecule has 0 spiro atoms. The van der Waals surface area contributed by atoms with E-state index in [2.05, 4.69) is 27.5 Å². The number of guanidine groups is 1. The van der Waals surface area contributed by atoms with Crippen molar-refractivity contribution in [1.82, 2.24) is 15.6 Å². The molecule has 1 amide bonds. The van der Waals surface area contributed by atoms with E-state index in [9.17, 15) is 4.79 Å². The summed E-state index contributed by atoms with van der Waals surface area (Å²) in [6.45, 7) is 3.94. The Labute approximate surface area is 189 Å². The zero-order valence-corrected chi connectivity index (χ0v) is 19.1. The molecule has 2 N–H and O–H groups in total. The molecular weight excluding hydrogens is 481 g/mol. The van der Waals surface area contributed by atoms with Gasteiger partial charge in [0.25, 0.3) is 0 Å². The normalized spacial score (nSPS) is 16.3. The lowest BCUT2D eigenvalue weighted by atomic mass is 10.2. The molecule has 1 saturated heterocycles. The third-order valence-corrected chi connectivity index (χ3v) is 4.47. The summed E-state index contributed by atoms with van der Waals surface area (Å²) in [7, 11) is 1.72. The monoisotopic (exact) mass is 509 g/mol. The number of amides is 1. The van der Waals surface area contributed by atoms with E-state index < -0.39 is 0 Å². The average molecular weight is 509 g/mol.